The van der Waals surface area contributed by atoms with E-state index in [1.54, 1.807) is 31.4 Å². The number of aromatic nitrogens is 2. The second-order valence-electron chi connectivity index (χ2n) is 5.75. The molecular formula is C20H20N4O3. The fraction of sp³-hybridized carbons (Fsp3) is 0.150. The van der Waals surface area contributed by atoms with Crippen molar-refractivity contribution in [3.8, 4) is 11.5 Å². The van der Waals surface area contributed by atoms with Crippen molar-refractivity contribution in [2.75, 3.05) is 24.9 Å². The maximum atomic E-state index is 12.5. The highest BCUT2D eigenvalue weighted by molar-refractivity contribution is 6.03. The molecule has 27 heavy (non-hydrogen) atoms. The first-order valence-electron chi connectivity index (χ1n) is 8.29. The molecule has 0 spiro atoms. The highest BCUT2D eigenvalue weighted by Crippen LogP contribution is 2.30. The molecule has 1 amide bonds. The number of ether oxygens (including phenoxy) is 2. The molecule has 3 aromatic rings. The predicted octanol–water partition coefficient (Wildman–Crippen LogP) is 3.80. The third kappa shape index (κ3) is 4.33. The summed E-state index contributed by atoms with van der Waals surface area (Å²) < 4.78 is 10.4. The van der Waals surface area contributed by atoms with Crippen molar-refractivity contribution in [2.45, 2.75) is 6.92 Å². The van der Waals surface area contributed by atoms with Crippen LogP contribution in [0.25, 0.3) is 0 Å². The number of nitrogens with one attached hydrogen (secondary N) is 2. The summed E-state index contributed by atoms with van der Waals surface area (Å²) in [4.78, 5) is 20.8. The Morgan fingerprint density at radius 2 is 1.74 bits per heavy atom. The summed E-state index contributed by atoms with van der Waals surface area (Å²) in [7, 11) is 3.09. The number of amides is 1. The minimum atomic E-state index is -0.350. The average molecular weight is 364 g/mol. The number of rotatable bonds is 6. The summed E-state index contributed by atoms with van der Waals surface area (Å²) in [5.74, 6) is 1.30. The van der Waals surface area contributed by atoms with Gasteiger partial charge in [0.15, 0.2) is 11.5 Å². The van der Waals surface area contributed by atoms with Crippen LogP contribution in [0.5, 0.6) is 11.5 Å². The first-order valence-corrected chi connectivity index (χ1v) is 8.29. The van der Waals surface area contributed by atoms with Crippen LogP contribution in [0.2, 0.25) is 0 Å². The van der Waals surface area contributed by atoms with Crippen molar-refractivity contribution < 1.29 is 14.3 Å². The highest BCUT2D eigenvalue weighted by atomic mass is 16.5. The molecule has 0 atom stereocenters. The quantitative estimate of drug-likeness (QED) is 0.692. The van der Waals surface area contributed by atoms with E-state index >= 15 is 0 Å². The van der Waals surface area contributed by atoms with Gasteiger partial charge in [-0.15, -0.1) is 0 Å². The molecule has 1 aromatic heterocycles. The maximum Gasteiger partial charge on any atom is 0.274 e. The lowest BCUT2D eigenvalue weighted by Gasteiger charge is -2.11. The molecule has 0 fully saturated rings. The van der Waals surface area contributed by atoms with Crippen molar-refractivity contribution in [1.29, 1.82) is 0 Å². The normalized spacial score (nSPS) is 10.2. The molecule has 0 aliphatic rings. The van der Waals surface area contributed by atoms with Crippen LogP contribution < -0.4 is 20.1 Å². The van der Waals surface area contributed by atoms with Gasteiger partial charge in [0.25, 0.3) is 5.91 Å². The van der Waals surface area contributed by atoms with Crippen molar-refractivity contribution in [1.82, 2.24) is 9.97 Å². The number of para-hydroxylation sites is 1. The van der Waals surface area contributed by atoms with Gasteiger partial charge in [-0.1, -0.05) is 18.2 Å². The zero-order valence-electron chi connectivity index (χ0n) is 15.3. The number of carbonyl (C=O) groups is 1. The molecule has 2 aromatic carbocycles. The van der Waals surface area contributed by atoms with Gasteiger partial charge in [-0.3, -0.25) is 4.79 Å². The molecule has 3 rings (SSSR count). The SMILES string of the molecule is COc1ccc(NC(=O)c2cc(Nc3ccccc3C)ncn2)cc1OC. The van der Waals surface area contributed by atoms with Gasteiger partial charge in [0.1, 0.15) is 17.8 Å². The molecule has 7 nitrogen and oxygen atoms in total. The van der Waals surface area contributed by atoms with Gasteiger partial charge < -0.3 is 20.1 Å². The number of hydrogen-bond acceptors (Lipinski definition) is 6. The Morgan fingerprint density at radius 1 is 0.963 bits per heavy atom. The van der Waals surface area contributed by atoms with Crippen molar-refractivity contribution in [2.24, 2.45) is 0 Å². The second kappa shape index (κ2) is 8.18. The van der Waals surface area contributed by atoms with Gasteiger partial charge in [0, 0.05) is 23.5 Å². The van der Waals surface area contributed by atoms with Crippen LogP contribution in [0.15, 0.2) is 54.9 Å². The number of carbonyl (C=O) groups excluding carboxylic acids is 1. The van der Waals surface area contributed by atoms with Crippen molar-refractivity contribution in [3.63, 3.8) is 0 Å². The number of nitrogens with zero attached hydrogens (tertiary/aromatic N) is 2. The van der Waals surface area contributed by atoms with Gasteiger partial charge >= 0.3 is 0 Å². The smallest absolute Gasteiger partial charge is 0.274 e. The molecule has 0 aliphatic carbocycles. The van der Waals surface area contributed by atoms with E-state index < -0.39 is 0 Å². The standard InChI is InChI=1S/C20H20N4O3/c1-13-6-4-5-7-15(13)24-19-11-16(21-12-22-19)20(25)23-14-8-9-17(26-2)18(10-14)27-3/h4-12H,1-3H3,(H,23,25)(H,21,22,24). The summed E-state index contributed by atoms with van der Waals surface area (Å²) in [6.45, 7) is 1.99. The van der Waals surface area contributed by atoms with Crippen LogP contribution in [0.1, 0.15) is 16.1 Å². The molecule has 7 heteroatoms. The van der Waals surface area contributed by atoms with E-state index in [-0.39, 0.29) is 11.6 Å². The molecule has 138 valence electrons. The van der Waals surface area contributed by atoms with Crippen LogP contribution in [-0.2, 0) is 0 Å². The lowest BCUT2D eigenvalue weighted by molar-refractivity contribution is 0.102. The van der Waals surface area contributed by atoms with E-state index in [4.69, 9.17) is 9.47 Å². The van der Waals surface area contributed by atoms with E-state index in [2.05, 4.69) is 20.6 Å². The van der Waals surface area contributed by atoms with Gasteiger partial charge in [0.05, 0.1) is 14.2 Å². The Morgan fingerprint density at radius 3 is 2.48 bits per heavy atom. The maximum absolute atomic E-state index is 12.5. The van der Waals surface area contributed by atoms with Crippen LogP contribution in [0.4, 0.5) is 17.2 Å². The number of anilines is 3. The molecule has 0 aliphatic heterocycles. The Kier molecular flexibility index (Phi) is 5.51. The minimum Gasteiger partial charge on any atom is -0.493 e. The molecule has 0 saturated carbocycles. The number of methoxy groups -OCH3 is 2. The van der Waals surface area contributed by atoms with E-state index in [1.807, 2.05) is 31.2 Å². The summed E-state index contributed by atoms with van der Waals surface area (Å²) >= 11 is 0. The van der Waals surface area contributed by atoms with Crippen LogP contribution in [-0.4, -0.2) is 30.1 Å². The van der Waals surface area contributed by atoms with E-state index in [1.165, 1.54) is 13.4 Å². The molecule has 0 bridgehead atoms. The van der Waals surface area contributed by atoms with Crippen LogP contribution >= 0.6 is 0 Å². The van der Waals surface area contributed by atoms with Crippen LogP contribution in [0, 0.1) is 6.92 Å². The summed E-state index contributed by atoms with van der Waals surface area (Å²) in [5, 5.41) is 5.99. The van der Waals surface area contributed by atoms with Crippen molar-refractivity contribution in [3.05, 3.63) is 66.1 Å². The Balaban J connectivity index is 1.77. The Labute approximate surface area is 157 Å². The van der Waals surface area contributed by atoms with Crippen LogP contribution in [0.3, 0.4) is 0 Å². The van der Waals surface area contributed by atoms with E-state index in [0.717, 1.165) is 11.3 Å². The van der Waals surface area contributed by atoms with Gasteiger partial charge in [0.2, 0.25) is 0 Å². The summed E-state index contributed by atoms with van der Waals surface area (Å²) in [5.41, 5.74) is 2.82. The zero-order chi connectivity index (χ0) is 19.2. The first kappa shape index (κ1) is 18.2. The molecule has 1 heterocycles. The predicted molar refractivity (Wildman–Crippen MR) is 104 cm³/mol. The summed E-state index contributed by atoms with van der Waals surface area (Å²) in [6, 6.07) is 14.6. The minimum absolute atomic E-state index is 0.246. The fourth-order valence-corrected chi connectivity index (χ4v) is 2.51. The Bertz CT molecular complexity index is 959. The molecular weight excluding hydrogens is 344 g/mol. The van der Waals surface area contributed by atoms with E-state index in [9.17, 15) is 4.79 Å². The Hall–Kier alpha value is -3.61. The zero-order valence-corrected chi connectivity index (χ0v) is 15.3. The third-order valence-corrected chi connectivity index (χ3v) is 3.95. The monoisotopic (exact) mass is 364 g/mol. The molecule has 2 N–H and O–H groups in total. The lowest BCUT2D eigenvalue weighted by atomic mass is 10.2. The number of aryl methyl sites for hydroxylation is 1. The lowest BCUT2D eigenvalue weighted by Crippen LogP contribution is -2.14. The third-order valence-electron chi connectivity index (χ3n) is 3.95. The number of benzene rings is 2. The van der Waals surface area contributed by atoms with Crippen molar-refractivity contribution >= 4 is 23.1 Å². The fourth-order valence-electron chi connectivity index (χ4n) is 2.51. The molecule has 0 unspecified atom stereocenters. The summed E-state index contributed by atoms with van der Waals surface area (Å²) in [6.07, 6.45) is 1.35. The number of hydrogen-bond donors (Lipinski definition) is 2. The first-order chi connectivity index (χ1) is 13.1. The second-order valence-corrected chi connectivity index (χ2v) is 5.75. The van der Waals surface area contributed by atoms with Gasteiger partial charge in [-0.2, -0.15) is 0 Å². The van der Waals surface area contributed by atoms with Gasteiger partial charge in [-0.25, -0.2) is 9.97 Å². The van der Waals surface area contributed by atoms with Gasteiger partial charge in [-0.05, 0) is 30.7 Å². The highest BCUT2D eigenvalue weighted by Gasteiger charge is 2.12. The topological polar surface area (TPSA) is 85.4 Å². The molecule has 0 radical (unpaired) electrons. The largest absolute Gasteiger partial charge is 0.493 e. The molecule has 0 saturated heterocycles. The average Bonchev–Trinajstić information content (AvgIpc) is 2.70. The van der Waals surface area contributed by atoms with E-state index in [0.29, 0.717) is 23.0 Å².